The van der Waals surface area contributed by atoms with Crippen molar-refractivity contribution in [2.45, 2.75) is 43.9 Å². The fourth-order valence-electron chi connectivity index (χ4n) is 3.62. The number of benzene rings is 1. The summed E-state index contributed by atoms with van der Waals surface area (Å²) in [7, 11) is 0. The maximum absolute atomic E-state index is 11.3. The zero-order valence-corrected chi connectivity index (χ0v) is 13.7. The SMILES string of the molecule is NC(NOCC1CCNCC1)C(O)(c1ccccc1)C1CCC1. The largest absolute Gasteiger partial charge is 0.382 e. The summed E-state index contributed by atoms with van der Waals surface area (Å²) in [4.78, 5) is 5.66. The van der Waals surface area contributed by atoms with Gasteiger partial charge in [-0.15, -0.1) is 0 Å². The van der Waals surface area contributed by atoms with Crippen molar-refractivity contribution in [1.29, 1.82) is 0 Å². The Balaban J connectivity index is 1.60. The number of hydrogen-bond acceptors (Lipinski definition) is 5. The summed E-state index contributed by atoms with van der Waals surface area (Å²) in [5.41, 5.74) is 9.03. The number of hydroxylamine groups is 1. The van der Waals surface area contributed by atoms with Crippen molar-refractivity contribution in [2.75, 3.05) is 19.7 Å². The molecule has 0 aromatic heterocycles. The third kappa shape index (κ3) is 3.75. The number of hydrogen-bond donors (Lipinski definition) is 4. The molecule has 0 amide bonds. The van der Waals surface area contributed by atoms with E-state index in [1.807, 2.05) is 30.3 Å². The summed E-state index contributed by atoms with van der Waals surface area (Å²) >= 11 is 0. The van der Waals surface area contributed by atoms with Crippen molar-refractivity contribution in [3.05, 3.63) is 35.9 Å². The van der Waals surface area contributed by atoms with Crippen molar-refractivity contribution >= 4 is 0 Å². The Labute approximate surface area is 138 Å². The van der Waals surface area contributed by atoms with Crippen molar-refractivity contribution in [3.63, 3.8) is 0 Å². The smallest absolute Gasteiger partial charge is 0.123 e. The first-order valence-corrected chi connectivity index (χ1v) is 8.82. The maximum Gasteiger partial charge on any atom is 0.123 e. The summed E-state index contributed by atoms with van der Waals surface area (Å²) in [5, 5.41) is 14.7. The van der Waals surface area contributed by atoms with E-state index in [-0.39, 0.29) is 5.92 Å². The topological polar surface area (TPSA) is 79.5 Å². The number of nitrogens with two attached hydrogens (primary N) is 1. The fraction of sp³-hybridized carbons (Fsp3) is 0.667. The van der Waals surface area contributed by atoms with E-state index in [1.54, 1.807) is 0 Å². The Morgan fingerprint density at radius 1 is 1.22 bits per heavy atom. The van der Waals surface area contributed by atoms with Gasteiger partial charge in [-0.1, -0.05) is 36.8 Å². The van der Waals surface area contributed by atoms with E-state index in [0.29, 0.717) is 12.5 Å². The van der Waals surface area contributed by atoms with Gasteiger partial charge in [-0.05, 0) is 56.2 Å². The Morgan fingerprint density at radius 2 is 1.91 bits per heavy atom. The van der Waals surface area contributed by atoms with Gasteiger partial charge in [0.05, 0.1) is 6.61 Å². The lowest BCUT2D eigenvalue weighted by atomic mass is 9.68. The van der Waals surface area contributed by atoms with Crippen molar-refractivity contribution in [1.82, 2.24) is 10.8 Å². The van der Waals surface area contributed by atoms with Crippen LogP contribution in [0, 0.1) is 11.8 Å². The molecule has 0 bridgehead atoms. The normalized spacial score (nSPS) is 23.9. The molecule has 1 aliphatic heterocycles. The molecule has 5 nitrogen and oxygen atoms in total. The monoisotopic (exact) mass is 319 g/mol. The standard InChI is InChI=1S/C18H29N3O2/c19-17(21-23-13-14-9-11-20-12-10-14)18(22,16-7-4-8-16)15-5-2-1-3-6-15/h1-3,5-6,14,16-17,20-22H,4,7-13,19H2. The van der Waals surface area contributed by atoms with Gasteiger partial charge in [0, 0.05) is 0 Å². The van der Waals surface area contributed by atoms with Gasteiger partial charge in [0.2, 0.25) is 0 Å². The predicted molar refractivity (Wildman–Crippen MR) is 90.3 cm³/mol. The Kier molecular flexibility index (Phi) is 5.67. The maximum atomic E-state index is 11.3. The molecule has 5 heteroatoms. The number of piperidine rings is 1. The summed E-state index contributed by atoms with van der Waals surface area (Å²) < 4.78 is 0. The summed E-state index contributed by atoms with van der Waals surface area (Å²) in [6.45, 7) is 2.75. The van der Waals surface area contributed by atoms with Crippen LogP contribution in [0.2, 0.25) is 0 Å². The first kappa shape index (κ1) is 16.9. The molecule has 5 N–H and O–H groups in total. The quantitative estimate of drug-likeness (QED) is 0.452. The average Bonchev–Trinajstić information content (AvgIpc) is 2.55. The van der Waals surface area contributed by atoms with Gasteiger partial charge in [-0.2, -0.15) is 5.48 Å². The van der Waals surface area contributed by atoms with Crippen LogP contribution < -0.4 is 16.5 Å². The second-order valence-corrected chi connectivity index (χ2v) is 6.92. The van der Waals surface area contributed by atoms with Crippen molar-refractivity contribution in [3.8, 4) is 0 Å². The Bertz CT molecular complexity index is 474. The second kappa shape index (κ2) is 7.73. The third-order valence-corrected chi connectivity index (χ3v) is 5.43. The highest BCUT2D eigenvalue weighted by Crippen LogP contribution is 2.43. The lowest BCUT2D eigenvalue weighted by Crippen LogP contribution is -2.59. The van der Waals surface area contributed by atoms with Gasteiger partial charge >= 0.3 is 0 Å². The van der Waals surface area contributed by atoms with Crippen LogP contribution in [-0.4, -0.2) is 31.0 Å². The molecule has 0 radical (unpaired) electrons. The van der Waals surface area contributed by atoms with Gasteiger partial charge in [0.1, 0.15) is 11.8 Å². The van der Waals surface area contributed by atoms with Crippen LogP contribution in [0.1, 0.15) is 37.7 Å². The molecular weight excluding hydrogens is 290 g/mol. The average molecular weight is 319 g/mol. The number of rotatable bonds is 7. The minimum absolute atomic E-state index is 0.190. The molecule has 1 aliphatic carbocycles. The summed E-state index contributed by atoms with van der Waals surface area (Å²) in [6.07, 6.45) is 4.80. The lowest BCUT2D eigenvalue weighted by Gasteiger charge is -2.45. The van der Waals surface area contributed by atoms with Gasteiger partial charge in [-0.3, -0.25) is 4.84 Å². The first-order valence-electron chi connectivity index (χ1n) is 8.82. The lowest BCUT2D eigenvalue weighted by molar-refractivity contribution is -0.130. The molecular formula is C18H29N3O2. The molecule has 0 spiro atoms. The van der Waals surface area contributed by atoms with E-state index in [1.165, 1.54) is 0 Å². The highest BCUT2D eigenvalue weighted by atomic mass is 16.6. The van der Waals surface area contributed by atoms with Crippen LogP contribution >= 0.6 is 0 Å². The first-order chi connectivity index (χ1) is 11.2. The van der Waals surface area contributed by atoms with E-state index in [9.17, 15) is 5.11 Å². The minimum atomic E-state index is -1.08. The molecule has 2 fully saturated rings. The van der Waals surface area contributed by atoms with E-state index < -0.39 is 11.8 Å². The van der Waals surface area contributed by atoms with Gasteiger partial charge in [0.15, 0.2) is 0 Å². The van der Waals surface area contributed by atoms with E-state index >= 15 is 0 Å². The van der Waals surface area contributed by atoms with Crippen LogP contribution in [0.5, 0.6) is 0 Å². The molecule has 128 valence electrons. The summed E-state index contributed by atoms with van der Waals surface area (Å²) in [6, 6.07) is 9.75. The second-order valence-electron chi connectivity index (χ2n) is 6.92. The van der Waals surface area contributed by atoms with E-state index in [0.717, 1.165) is 50.8 Å². The minimum Gasteiger partial charge on any atom is -0.382 e. The number of nitrogens with one attached hydrogen (secondary N) is 2. The van der Waals surface area contributed by atoms with Gasteiger partial charge < -0.3 is 16.2 Å². The molecule has 23 heavy (non-hydrogen) atoms. The van der Waals surface area contributed by atoms with Crippen LogP contribution in [0.25, 0.3) is 0 Å². The molecule has 1 aromatic carbocycles. The highest BCUT2D eigenvalue weighted by Gasteiger charge is 2.46. The predicted octanol–water partition coefficient (Wildman–Crippen LogP) is 1.48. The molecule has 3 rings (SSSR count). The Hall–Kier alpha value is -0.980. The molecule has 1 saturated carbocycles. The third-order valence-electron chi connectivity index (χ3n) is 5.43. The van der Waals surface area contributed by atoms with E-state index in [2.05, 4.69) is 10.8 Å². The van der Waals surface area contributed by atoms with Crippen LogP contribution in [0.3, 0.4) is 0 Å². The molecule has 1 saturated heterocycles. The van der Waals surface area contributed by atoms with E-state index in [4.69, 9.17) is 10.6 Å². The molecule has 1 aromatic rings. The highest BCUT2D eigenvalue weighted by molar-refractivity contribution is 5.26. The molecule has 2 atom stereocenters. The fourth-order valence-corrected chi connectivity index (χ4v) is 3.62. The van der Waals surface area contributed by atoms with Crippen LogP contribution in [0.15, 0.2) is 30.3 Å². The van der Waals surface area contributed by atoms with Crippen molar-refractivity contribution < 1.29 is 9.94 Å². The van der Waals surface area contributed by atoms with Gasteiger partial charge in [0.25, 0.3) is 0 Å². The zero-order chi connectivity index (χ0) is 16.1. The van der Waals surface area contributed by atoms with Crippen molar-refractivity contribution in [2.24, 2.45) is 17.6 Å². The zero-order valence-electron chi connectivity index (χ0n) is 13.7. The summed E-state index contributed by atoms with van der Waals surface area (Å²) in [5.74, 6) is 0.749. The molecule has 1 heterocycles. The van der Waals surface area contributed by atoms with Gasteiger partial charge in [-0.25, -0.2) is 0 Å². The van der Waals surface area contributed by atoms with Crippen LogP contribution in [-0.2, 0) is 10.4 Å². The Morgan fingerprint density at radius 3 is 2.52 bits per heavy atom. The number of aliphatic hydroxyl groups is 1. The molecule has 2 aliphatic rings. The molecule has 2 unspecified atom stereocenters. The van der Waals surface area contributed by atoms with Crippen LogP contribution in [0.4, 0.5) is 0 Å².